The third-order valence-electron chi connectivity index (χ3n) is 9.08. The molecule has 0 saturated carbocycles. The summed E-state index contributed by atoms with van der Waals surface area (Å²) < 4.78 is 1.12. The normalized spacial score (nSPS) is 11.5. The Hall–Kier alpha value is -4.93. The lowest BCUT2D eigenvalue weighted by atomic mass is 9.81. The van der Waals surface area contributed by atoms with E-state index in [-0.39, 0.29) is 0 Å². The predicted octanol–water partition coefficient (Wildman–Crippen LogP) is 8.77. The fourth-order valence-electron chi connectivity index (χ4n) is 6.57. The first-order valence-corrected chi connectivity index (χ1v) is 17.2. The molecule has 2 radical (unpaired) electrons. The minimum atomic E-state index is -1.34. The minimum absolute atomic E-state index is 0.525. The van der Waals surface area contributed by atoms with Gasteiger partial charge < -0.3 is 10.0 Å². The van der Waals surface area contributed by atoms with Gasteiger partial charge in [-0.1, -0.05) is 161 Å². The molecule has 0 saturated heterocycles. The summed E-state index contributed by atoms with van der Waals surface area (Å²) in [6.45, 7) is 0. The van der Waals surface area contributed by atoms with Gasteiger partial charge in [0.05, 0.1) is 0 Å². The Morgan fingerprint density at radius 3 is 1.31 bits per heavy atom. The van der Waals surface area contributed by atoms with Crippen molar-refractivity contribution in [3.63, 3.8) is 0 Å². The van der Waals surface area contributed by atoms with Gasteiger partial charge in [0.2, 0.25) is 0 Å². The highest BCUT2D eigenvalue weighted by Crippen LogP contribution is 2.41. The standard InChI is InChI=1S/C25H18.C13H8BBr.C6H7BO2/c1-3-7-18(8-4-1)20-11-13-22-15-23-14-12-21(17-25(23)24(22)16-20)19-9-5-2-6-10-19;14-10-3-1-8-5-9-2-4-11(15)7-13(9)12(8)6-10;8-7(9)6-4-2-1-3-5-6/h1-14,16-17H,15H2;1-4,6-7H,5H2;1-5,8-9H. The average Bonchev–Trinajstić information content (AvgIpc) is 3.70. The smallest absolute Gasteiger partial charge is 0.423 e. The van der Waals surface area contributed by atoms with Crippen molar-refractivity contribution in [1.29, 1.82) is 0 Å². The third-order valence-corrected chi connectivity index (χ3v) is 9.57. The highest BCUT2D eigenvalue weighted by Gasteiger charge is 2.20. The van der Waals surface area contributed by atoms with Crippen LogP contribution in [-0.2, 0) is 12.8 Å². The second-order valence-electron chi connectivity index (χ2n) is 12.3. The van der Waals surface area contributed by atoms with Crippen molar-refractivity contribution in [2.24, 2.45) is 0 Å². The average molecular weight is 695 g/mol. The van der Waals surface area contributed by atoms with Crippen molar-refractivity contribution in [3.8, 4) is 44.5 Å². The first kappa shape index (κ1) is 32.6. The summed E-state index contributed by atoms with van der Waals surface area (Å²) in [7, 11) is 4.47. The van der Waals surface area contributed by atoms with Crippen LogP contribution in [0.1, 0.15) is 22.3 Å². The molecule has 234 valence electrons. The van der Waals surface area contributed by atoms with Crippen LogP contribution in [0.5, 0.6) is 0 Å². The van der Waals surface area contributed by atoms with E-state index in [1.54, 1.807) is 24.3 Å². The molecule has 2 nitrogen and oxygen atoms in total. The summed E-state index contributed by atoms with van der Waals surface area (Å²) in [5.41, 5.74) is 17.5. The van der Waals surface area contributed by atoms with Crippen molar-refractivity contribution in [2.45, 2.75) is 12.8 Å². The maximum Gasteiger partial charge on any atom is 0.488 e. The highest BCUT2D eigenvalue weighted by atomic mass is 79.9. The number of fused-ring (bicyclic) bond motifs is 6. The molecule has 5 heteroatoms. The summed E-state index contributed by atoms with van der Waals surface area (Å²) in [6, 6.07) is 56.3. The van der Waals surface area contributed by atoms with Crippen molar-refractivity contribution in [3.05, 3.63) is 191 Å². The fourth-order valence-corrected chi connectivity index (χ4v) is 6.93. The molecule has 0 spiro atoms. The number of halogens is 1. The maximum atomic E-state index is 8.58. The lowest BCUT2D eigenvalue weighted by Crippen LogP contribution is -2.29. The predicted molar refractivity (Wildman–Crippen MR) is 210 cm³/mol. The van der Waals surface area contributed by atoms with E-state index in [9.17, 15) is 0 Å². The van der Waals surface area contributed by atoms with E-state index in [1.807, 2.05) is 12.1 Å². The number of hydrogen-bond donors (Lipinski definition) is 2. The van der Waals surface area contributed by atoms with Crippen LogP contribution in [0.4, 0.5) is 0 Å². The van der Waals surface area contributed by atoms with E-state index in [0.29, 0.717) is 5.46 Å². The van der Waals surface area contributed by atoms with Crippen LogP contribution in [-0.4, -0.2) is 25.0 Å². The molecule has 0 bridgehead atoms. The fraction of sp³-hybridized carbons (Fsp3) is 0.0455. The Kier molecular flexibility index (Phi) is 9.77. The molecule has 0 aromatic heterocycles. The summed E-state index contributed by atoms with van der Waals surface area (Å²) in [4.78, 5) is 0. The van der Waals surface area contributed by atoms with Gasteiger partial charge in [-0.15, -0.1) is 0 Å². The van der Waals surface area contributed by atoms with Gasteiger partial charge in [0, 0.05) is 4.47 Å². The first-order valence-electron chi connectivity index (χ1n) is 16.4. The monoisotopic (exact) mass is 694 g/mol. The zero-order valence-electron chi connectivity index (χ0n) is 26.9. The third kappa shape index (κ3) is 7.40. The van der Waals surface area contributed by atoms with Crippen molar-refractivity contribution in [1.82, 2.24) is 0 Å². The van der Waals surface area contributed by atoms with E-state index in [4.69, 9.17) is 17.9 Å². The molecule has 0 heterocycles. The van der Waals surface area contributed by atoms with Crippen molar-refractivity contribution in [2.75, 3.05) is 0 Å². The van der Waals surface area contributed by atoms with Crippen LogP contribution >= 0.6 is 15.9 Å². The molecule has 0 aliphatic heterocycles. The Balaban J connectivity index is 0.000000133. The Bertz CT molecular complexity index is 2080. The first-order chi connectivity index (χ1) is 23.9. The molecule has 0 fully saturated rings. The summed E-state index contributed by atoms with van der Waals surface area (Å²) in [6.07, 6.45) is 2.06. The van der Waals surface area contributed by atoms with Crippen LogP contribution in [0.15, 0.2) is 168 Å². The van der Waals surface area contributed by atoms with E-state index >= 15 is 0 Å². The van der Waals surface area contributed by atoms with E-state index in [2.05, 4.69) is 143 Å². The lowest BCUT2D eigenvalue weighted by molar-refractivity contribution is 0.426. The van der Waals surface area contributed by atoms with E-state index in [0.717, 1.165) is 22.8 Å². The minimum Gasteiger partial charge on any atom is -0.423 e. The molecule has 0 atom stereocenters. The molecule has 2 aliphatic carbocycles. The van der Waals surface area contributed by atoms with Gasteiger partial charge in [-0.2, -0.15) is 0 Å². The molecule has 7 aromatic rings. The zero-order chi connectivity index (χ0) is 33.7. The van der Waals surface area contributed by atoms with Crippen LogP contribution in [0.2, 0.25) is 0 Å². The van der Waals surface area contributed by atoms with Crippen LogP contribution in [0.3, 0.4) is 0 Å². The van der Waals surface area contributed by atoms with Crippen LogP contribution in [0, 0.1) is 0 Å². The quantitative estimate of drug-likeness (QED) is 0.182. The molecule has 49 heavy (non-hydrogen) atoms. The molecule has 0 unspecified atom stereocenters. The van der Waals surface area contributed by atoms with Gasteiger partial charge in [-0.3, -0.25) is 0 Å². The Morgan fingerprint density at radius 2 is 0.837 bits per heavy atom. The topological polar surface area (TPSA) is 40.5 Å². The molecule has 9 rings (SSSR count). The maximum absolute atomic E-state index is 8.58. The van der Waals surface area contributed by atoms with Gasteiger partial charge in [-0.05, 0) is 109 Å². The number of hydrogen-bond acceptors (Lipinski definition) is 2. The van der Waals surface area contributed by atoms with E-state index < -0.39 is 7.12 Å². The Labute approximate surface area is 298 Å². The van der Waals surface area contributed by atoms with Gasteiger partial charge >= 0.3 is 7.12 Å². The molecule has 7 aromatic carbocycles. The number of benzene rings is 7. The van der Waals surface area contributed by atoms with Crippen molar-refractivity contribution < 1.29 is 10.0 Å². The summed E-state index contributed by atoms with van der Waals surface area (Å²) >= 11 is 3.50. The lowest BCUT2D eigenvalue weighted by Gasteiger charge is -2.08. The van der Waals surface area contributed by atoms with E-state index in [1.165, 1.54) is 66.8 Å². The summed E-state index contributed by atoms with van der Waals surface area (Å²) in [5, 5.41) is 17.2. The Morgan fingerprint density at radius 1 is 0.429 bits per heavy atom. The molecule has 0 amide bonds. The molecule has 2 N–H and O–H groups in total. The second-order valence-corrected chi connectivity index (χ2v) is 13.2. The van der Waals surface area contributed by atoms with Gasteiger partial charge in [0.25, 0.3) is 0 Å². The molecule has 2 aliphatic rings. The second kappa shape index (κ2) is 14.7. The van der Waals surface area contributed by atoms with Gasteiger partial charge in [0.1, 0.15) is 7.85 Å². The number of rotatable bonds is 3. The van der Waals surface area contributed by atoms with Gasteiger partial charge in [-0.25, -0.2) is 0 Å². The summed E-state index contributed by atoms with van der Waals surface area (Å²) in [5.74, 6) is 0. The molecular weight excluding hydrogens is 662 g/mol. The van der Waals surface area contributed by atoms with Crippen LogP contribution < -0.4 is 10.9 Å². The van der Waals surface area contributed by atoms with Gasteiger partial charge in [0.15, 0.2) is 0 Å². The largest absolute Gasteiger partial charge is 0.488 e. The van der Waals surface area contributed by atoms with Crippen LogP contribution in [0.25, 0.3) is 44.5 Å². The highest BCUT2D eigenvalue weighted by molar-refractivity contribution is 9.10. The molecular formula is C44H33B2BrO2. The zero-order valence-corrected chi connectivity index (χ0v) is 28.5. The SMILES string of the molecule is OB(O)c1ccccc1.[B]c1ccc2c(c1)-c1cc(Br)ccc1C2.c1ccc(-c2ccc3c(c2)-c2cc(-c4ccccc4)ccc2C3)cc1. The van der Waals surface area contributed by atoms with Crippen molar-refractivity contribution >= 4 is 41.8 Å².